The molecule has 1 aromatic carbocycles. The quantitative estimate of drug-likeness (QED) is 0.795. The summed E-state index contributed by atoms with van der Waals surface area (Å²) < 4.78 is 11.8. The molecule has 3 nitrogen and oxygen atoms in total. The Hall–Kier alpha value is -0.750. The first-order valence-corrected chi connectivity index (χ1v) is 8.40. The number of methoxy groups -OCH3 is 2. The average molecular weight is 391 g/mol. The van der Waals surface area contributed by atoms with Crippen LogP contribution in [0.15, 0.2) is 22.0 Å². The lowest BCUT2D eigenvalue weighted by atomic mass is 10.0. The molecule has 0 saturated carbocycles. The van der Waals surface area contributed by atoms with Crippen molar-refractivity contribution in [3.63, 3.8) is 0 Å². The molecule has 0 saturated heterocycles. The minimum atomic E-state index is -0.0480. The molecule has 0 spiro atoms. The zero-order chi connectivity index (χ0) is 15.6. The summed E-state index contributed by atoms with van der Waals surface area (Å²) >= 11 is 11.5. The van der Waals surface area contributed by atoms with Crippen LogP contribution in [0, 0.1) is 6.92 Å². The van der Waals surface area contributed by atoms with E-state index in [9.17, 15) is 0 Å². The Morgan fingerprint density at radius 1 is 1.24 bits per heavy atom. The molecule has 0 radical (unpaired) electrons. The lowest BCUT2D eigenvalue weighted by Gasteiger charge is -2.20. The second-order valence-corrected chi connectivity index (χ2v) is 6.69. The van der Waals surface area contributed by atoms with Crippen molar-refractivity contribution in [3.05, 3.63) is 43.0 Å². The van der Waals surface area contributed by atoms with E-state index < -0.39 is 0 Å². The van der Waals surface area contributed by atoms with E-state index in [1.165, 1.54) is 0 Å². The van der Waals surface area contributed by atoms with Crippen LogP contribution >= 0.6 is 38.9 Å². The Morgan fingerprint density at radius 2 is 1.90 bits per heavy atom. The average Bonchev–Trinajstić information content (AvgIpc) is 2.81. The molecule has 0 amide bonds. The van der Waals surface area contributed by atoms with Gasteiger partial charge in [0.2, 0.25) is 0 Å². The molecular formula is C15H17BrClNO2S. The number of thiophene rings is 1. The highest BCUT2D eigenvalue weighted by Crippen LogP contribution is 2.42. The smallest absolute Gasteiger partial charge is 0.133 e. The molecule has 2 rings (SSSR count). The van der Waals surface area contributed by atoms with Crippen LogP contribution in [0.4, 0.5) is 0 Å². The number of aryl methyl sites for hydroxylation is 1. The van der Waals surface area contributed by atoms with Gasteiger partial charge in [-0.2, -0.15) is 0 Å². The predicted molar refractivity (Wildman–Crippen MR) is 92.2 cm³/mol. The van der Waals surface area contributed by atoms with Gasteiger partial charge in [-0.05, 0) is 53.0 Å². The second kappa shape index (κ2) is 7.01. The van der Waals surface area contributed by atoms with E-state index in [4.69, 9.17) is 21.1 Å². The fourth-order valence-corrected chi connectivity index (χ4v) is 4.10. The molecule has 21 heavy (non-hydrogen) atoms. The number of benzene rings is 1. The van der Waals surface area contributed by atoms with E-state index >= 15 is 0 Å². The van der Waals surface area contributed by atoms with Gasteiger partial charge in [0.15, 0.2) is 0 Å². The minimum Gasteiger partial charge on any atom is -0.496 e. The van der Waals surface area contributed by atoms with Crippen molar-refractivity contribution in [2.75, 3.05) is 21.3 Å². The van der Waals surface area contributed by atoms with Crippen LogP contribution in [-0.2, 0) is 0 Å². The van der Waals surface area contributed by atoms with Gasteiger partial charge in [-0.3, -0.25) is 0 Å². The van der Waals surface area contributed by atoms with Gasteiger partial charge in [-0.25, -0.2) is 0 Å². The molecule has 2 aromatic rings. The van der Waals surface area contributed by atoms with Crippen molar-refractivity contribution >= 4 is 38.9 Å². The number of nitrogens with one attached hydrogen (secondary N) is 1. The summed E-state index contributed by atoms with van der Waals surface area (Å²) in [5.41, 5.74) is 2.07. The molecule has 0 aliphatic heterocycles. The molecule has 1 N–H and O–H groups in total. The van der Waals surface area contributed by atoms with Gasteiger partial charge in [-0.15, -0.1) is 11.3 Å². The highest BCUT2D eigenvalue weighted by atomic mass is 79.9. The highest BCUT2D eigenvalue weighted by molar-refractivity contribution is 9.10. The highest BCUT2D eigenvalue weighted by Gasteiger charge is 2.23. The third-order valence-corrected chi connectivity index (χ3v) is 5.69. The predicted octanol–water partition coefficient (Wildman–Crippen LogP) is 4.80. The second-order valence-electron chi connectivity index (χ2n) is 4.55. The van der Waals surface area contributed by atoms with Crippen LogP contribution in [0.25, 0.3) is 0 Å². The lowest BCUT2D eigenvalue weighted by molar-refractivity contribution is 0.393. The third-order valence-electron chi connectivity index (χ3n) is 3.29. The molecule has 114 valence electrons. The summed E-state index contributed by atoms with van der Waals surface area (Å²) in [6.45, 7) is 2.01. The Morgan fingerprint density at radius 3 is 2.38 bits per heavy atom. The lowest BCUT2D eigenvalue weighted by Crippen LogP contribution is -2.18. The largest absolute Gasteiger partial charge is 0.496 e. The van der Waals surface area contributed by atoms with E-state index in [1.807, 2.05) is 26.1 Å². The number of halogens is 2. The maximum Gasteiger partial charge on any atom is 0.133 e. The van der Waals surface area contributed by atoms with Crippen LogP contribution < -0.4 is 14.8 Å². The Labute approximate surface area is 142 Å². The summed E-state index contributed by atoms with van der Waals surface area (Å²) in [5, 5.41) is 6.16. The molecule has 1 atom stereocenters. The maximum absolute atomic E-state index is 6.42. The van der Waals surface area contributed by atoms with Gasteiger partial charge < -0.3 is 14.8 Å². The fraction of sp³-hybridized carbons (Fsp3) is 0.333. The van der Waals surface area contributed by atoms with Crippen LogP contribution in [0.2, 0.25) is 5.02 Å². The first-order chi connectivity index (χ1) is 10.0. The fourth-order valence-electron chi connectivity index (χ4n) is 2.18. The van der Waals surface area contributed by atoms with Gasteiger partial charge in [0, 0.05) is 10.4 Å². The van der Waals surface area contributed by atoms with E-state index in [0.717, 1.165) is 37.0 Å². The SMILES string of the molecule is CNC(c1cc(OC)c(Br)cc1OC)c1scc(C)c1Cl. The molecular weight excluding hydrogens is 374 g/mol. The normalized spacial score (nSPS) is 12.3. The molecule has 0 bridgehead atoms. The molecule has 1 heterocycles. The number of hydrogen-bond donors (Lipinski definition) is 1. The first-order valence-electron chi connectivity index (χ1n) is 6.35. The van der Waals surface area contributed by atoms with Crippen molar-refractivity contribution in [1.29, 1.82) is 0 Å². The van der Waals surface area contributed by atoms with Crippen molar-refractivity contribution < 1.29 is 9.47 Å². The van der Waals surface area contributed by atoms with Crippen molar-refractivity contribution in [1.82, 2.24) is 5.32 Å². The zero-order valence-electron chi connectivity index (χ0n) is 12.3. The molecule has 1 aromatic heterocycles. The van der Waals surface area contributed by atoms with Gasteiger partial charge in [-0.1, -0.05) is 11.6 Å². The van der Waals surface area contributed by atoms with E-state index in [-0.39, 0.29) is 6.04 Å². The Balaban J connectivity index is 2.58. The summed E-state index contributed by atoms with van der Waals surface area (Å²) in [4.78, 5) is 1.07. The number of hydrogen-bond acceptors (Lipinski definition) is 4. The first kappa shape index (κ1) is 16.6. The molecule has 6 heteroatoms. The van der Waals surface area contributed by atoms with E-state index in [0.29, 0.717) is 0 Å². The van der Waals surface area contributed by atoms with Gasteiger partial charge in [0.1, 0.15) is 11.5 Å². The topological polar surface area (TPSA) is 30.5 Å². The van der Waals surface area contributed by atoms with Gasteiger partial charge in [0.25, 0.3) is 0 Å². The standard InChI is InChI=1S/C15H17BrClNO2S/c1-8-7-21-15(13(8)17)14(18-2)9-5-12(20-4)10(16)6-11(9)19-3/h5-7,14,18H,1-4H3. The van der Waals surface area contributed by atoms with Gasteiger partial charge >= 0.3 is 0 Å². The molecule has 0 aliphatic carbocycles. The van der Waals surface area contributed by atoms with Crippen LogP contribution in [0.3, 0.4) is 0 Å². The van der Waals surface area contributed by atoms with Crippen molar-refractivity contribution in [3.8, 4) is 11.5 Å². The molecule has 0 aliphatic rings. The number of ether oxygens (including phenoxy) is 2. The molecule has 0 fully saturated rings. The van der Waals surface area contributed by atoms with Crippen molar-refractivity contribution in [2.45, 2.75) is 13.0 Å². The van der Waals surface area contributed by atoms with E-state index in [1.54, 1.807) is 25.6 Å². The molecule has 1 unspecified atom stereocenters. The Bertz CT molecular complexity index is 645. The summed E-state index contributed by atoms with van der Waals surface area (Å²) in [5.74, 6) is 1.54. The van der Waals surface area contributed by atoms with Crippen molar-refractivity contribution in [2.24, 2.45) is 0 Å². The van der Waals surface area contributed by atoms with Crippen LogP contribution in [0.1, 0.15) is 22.0 Å². The van der Waals surface area contributed by atoms with E-state index in [2.05, 4.69) is 26.6 Å². The zero-order valence-corrected chi connectivity index (χ0v) is 15.4. The van der Waals surface area contributed by atoms with Crippen LogP contribution in [-0.4, -0.2) is 21.3 Å². The van der Waals surface area contributed by atoms with Gasteiger partial charge in [0.05, 0.1) is 29.8 Å². The summed E-state index contributed by atoms with van der Waals surface area (Å²) in [6, 6.07) is 3.83. The summed E-state index contributed by atoms with van der Waals surface area (Å²) in [6.07, 6.45) is 0. The Kier molecular flexibility index (Phi) is 5.54. The van der Waals surface area contributed by atoms with Crippen LogP contribution in [0.5, 0.6) is 11.5 Å². The maximum atomic E-state index is 6.42. The minimum absolute atomic E-state index is 0.0480. The number of rotatable bonds is 5. The summed E-state index contributed by atoms with van der Waals surface area (Å²) in [7, 11) is 5.21. The third kappa shape index (κ3) is 3.21. The monoisotopic (exact) mass is 389 g/mol.